The van der Waals surface area contributed by atoms with Gasteiger partial charge < -0.3 is 10.8 Å². The molecular weight excluding hydrogens is 176 g/mol. The third-order valence-electron chi connectivity index (χ3n) is 2.23. The summed E-state index contributed by atoms with van der Waals surface area (Å²) in [5, 5.41) is 11.1. The van der Waals surface area contributed by atoms with E-state index in [1.54, 1.807) is 6.20 Å². The zero-order chi connectivity index (χ0) is 9.97. The molecule has 3 N–H and O–H groups in total. The van der Waals surface area contributed by atoms with Crippen molar-refractivity contribution < 1.29 is 5.11 Å². The van der Waals surface area contributed by atoms with E-state index in [0.29, 0.717) is 0 Å². The van der Waals surface area contributed by atoms with Crippen molar-refractivity contribution in [3.05, 3.63) is 42.2 Å². The number of nitrogens with zero attached hydrogens (tertiary/aromatic N) is 1. The van der Waals surface area contributed by atoms with Crippen molar-refractivity contribution in [3.63, 3.8) is 0 Å². The Bertz CT molecular complexity index is 442. The van der Waals surface area contributed by atoms with Gasteiger partial charge in [0.05, 0.1) is 18.3 Å². The molecule has 2 rings (SSSR count). The van der Waals surface area contributed by atoms with Gasteiger partial charge in [0, 0.05) is 11.6 Å². The van der Waals surface area contributed by atoms with E-state index < -0.39 is 0 Å². The highest BCUT2D eigenvalue weighted by molar-refractivity contribution is 5.81. The van der Waals surface area contributed by atoms with Gasteiger partial charge in [-0.25, -0.2) is 0 Å². The van der Waals surface area contributed by atoms with Crippen molar-refractivity contribution in [2.75, 3.05) is 6.61 Å². The summed E-state index contributed by atoms with van der Waals surface area (Å²) in [7, 11) is 0. The van der Waals surface area contributed by atoms with Gasteiger partial charge in [-0.2, -0.15) is 0 Å². The molecular formula is C11H12N2O. The number of aromatic nitrogens is 1. The summed E-state index contributed by atoms with van der Waals surface area (Å²) in [5.74, 6) is 0. The fraction of sp³-hybridized carbons (Fsp3) is 0.182. The van der Waals surface area contributed by atoms with Gasteiger partial charge >= 0.3 is 0 Å². The van der Waals surface area contributed by atoms with Crippen LogP contribution in [-0.4, -0.2) is 16.7 Å². The smallest absolute Gasteiger partial charge is 0.0705 e. The monoisotopic (exact) mass is 188 g/mol. The summed E-state index contributed by atoms with van der Waals surface area (Å²) in [6, 6.07) is 9.46. The van der Waals surface area contributed by atoms with E-state index in [2.05, 4.69) is 4.98 Å². The SMILES string of the molecule is NC(CO)c1cc2ccccc2cn1. The first kappa shape index (κ1) is 9.12. The highest BCUT2D eigenvalue weighted by atomic mass is 16.3. The Hall–Kier alpha value is -1.45. The molecule has 3 heteroatoms. The van der Waals surface area contributed by atoms with Crippen molar-refractivity contribution in [1.82, 2.24) is 4.98 Å². The molecule has 0 amide bonds. The Kier molecular flexibility index (Phi) is 2.43. The van der Waals surface area contributed by atoms with Gasteiger partial charge in [-0.05, 0) is 11.5 Å². The lowest BCUT2D eigenvalue weighted by Crippen LogP contribution is -2.15. The highest BCUT2D eigenvalue weighted by Crippen LogP contribution is 2.16. The number of hydrogen-bond acceptors (Lipinski definition) is 3. The van der Waals surface area contributed by atoms with Gasteiger partial charge in [0.15, 0.2) is 0 Å². The fourth-order valence-electron chi connectivity index (χ4n) is 1.40. The van der Waals surface area contributed by atoms with E-state index in [9.17, 15) is 0 Å². The average molecular weight is 188 g/mol. The topological polar surface area (TPSA) is 59.1 Å². The molecule has 14 heavy (non-hydrogen) atoms. The second kappa shape index (κ2) is 3.74. The summed E-state index contributed by atoms with van der Waals surface area (Å²) in [6.07, 6.45) is 1.78. The van der Waals surface area contributed by atoms with Crippen LogP contribution in [0, 0.1) is 0 Å². The van der Waals surface area contributed by atoms with Crippen LogP contribution in [0.25, 0.3) is 10.8 Å². The van der Waals surface area contributed by atoms with E-state index in [1.807, 2.05) is 30.3 Å². The van der Waals surface area contributed by atoms with E-state index in [4.69, 9.17) is 10.8 Å². The molecule has 0 spiro atoms. The molecule has 2 aromatic rings. The molecule has 0 fully saturated rings. The molecule has 0 aliphatic carbocycles. The van der Waals surface area contributed by atoms with Crippen molar-refractivity contribution in [2.24, 2.45) is 5.73 Å². The normalized spacial score (nSPS) is 13.0. The first-order valence-corrected chi connectivity index (χ1v) is 4.52. The predicted molar refractivity (Wildman–Crippen MR) is 55.8 cm³/mol. The van der Waals surface area contributed by atoms with Crippen molar-refractivity contribution in [1.29, 1.82) is 0 Å². The van der Waals surface area contributed by atoms with Crippen LogP contribution in [0.1, 0.15) is 11.7 Å². The van der Waals surface area contributed by atoms with Crippen LogP contribution in [-0.2, 0) is 0 Å². The Morgan fingerprint density at radius 1 is 1.29 bits per heavy atom. The lowest BCUT2D eigenvalue weighted by atomic mass is 10.1. The van der Waals surface area contributed by atoms with E-state index in [0.717, 1.165) is 16.5 Å². The summed E-state index contributed by atoms with van der Waals surface area (Å²) in [5.41, 5.74) is 6.40. The molecule has 1 atom stereocenters. The van der Waals surface area contributed by atoms with Crippen molar-refractivity contribution in [3.8, 4) is 0 Å². The molecule has 0 radical (unpaired) electrons. The Balaban J connectivity index is 2.51. The molecule has 0 aliphatic rings. The number of benzene rings is 1. The molecule has 0 bridgehead atoms. The average Bonchev–Trinajstić information content (AvgIpc) is 2.27. The Morgan fingerprint density at radius 2 is 2.00 bits per heavy atom. The molecule has 0 saturated heterocycles. The standard InChI is InChI=1S/C11H12N2O/c12-10(7-14)11-5-8-3-1-2-4-9(8)6-13-11/h1-6,10,14H,7,12H2. The Morgan fingerprint density at radius 3 is 2.71 bits per heavy atom. The summed E-state index contributed by atoms with van der Waals surface area (Å²) in [4.78, 5) is 4.19. The number of rotatable bonds is 2. The van der Waals surface area contributed by atoms with Crippen LogP contribution in [0.4, 0.5) is 0 Å². The van der Waals surface area contributed by atoms with E-state index in [1.165, 1.54) is 0 Å². The van der Waals surface area contributed by atoms with Crippen LogP contribution in [0.5, 0.6) is 0 Å². The second-order valence-corrected chi connectivity index (χ2v) is 3.25. The van der Waals surface area contributed by atoms with E-state index in [-0.39, 0.29) is 12.6 Å². The number of fused-ring (bicyclic) bond motifs is 1. The quantitative estimate of drug-likeness (QED) is 0.745. The largest absolute Gasteiger partial charge is 0.394 e. The fourth-order valence-corrected chi connectivity index (χ4v) is 1.40. The lowest BCUT2D eigenvalue weighted by molar-refractivity contribution is 0.266. The number of hydrogen-bond donors (Lipinski definition) is 2. The zero-order valence-corrected chi connectivity index (χ0v) is 7.72. The summed E-state index contributed by atoms with van der Waals surface area (Å²) < 4.78 is 0. The number of aliphatic hydroxyl groups excluding tert-OH is 1. The molecule has 1 unspecified atom stereocenters. The molecule has 3 nitrogen and oxygen atoms in total. The van der Waals surface area contributed by atoms with Crippen LogP contribution in [0.15, 0.2) is 36.5 Å². The third-order valence-corrected chi connectivity index (χ3v) is 2.23. The maximum absolute atomic E-state index is 8.90. The second-order valence-electron chi connectivity index (χ2n) is 3.25. The molecule has 72 valence electrons. The third kappa shape index (κ3) is 1.60. The molecule has 1 aromatic carbocycles. The zero-order valence-electron chi connectivity index (χ0n) is 7.72. The van der Waals surface area contributed by atoms with Gasteiger partial charge in [0.25, 0.3) is 0 Å². The van der Waals surface area contributed by atoms with Crippen LogP contribution >= 0.6 is 0 Å². The van der Waals surface area contributed by atoms with E-state index >= 15 is 0 Å². The number of pyridine rings is 1. The maximum atomic E-state index is 8.90. The molecule has 1 heterocycles. The van der Waals surface area contributed by atoms with Crippen molar-refractivity contribution >= 4 is 10.8 Å². The minimum atomic E-state index is -0.389. The molecule has 1 aromatic heterocycles. The van der Waals surface area contributed by atoms with Gasteiger partial charge in [-0.1, -0.05) is 24.3 Å². The minimum absolute atomic E-state index is 0.0780. The van der Waals surface area contributed by atoms with Crippen LogP contribution in [0.2, 0.25) is 0 Å². The first-order valence-electron chi connectivity index (χ1n) is 4.52. The molecule has 0 aliphatic heterocycles. The predicted octanol–water partition coefficient (Wildman–Crippen LogP) is 1.23. The van der Waals surface area contributed by atoms with Gasteiger partial charge in [-0.15, -0.1) is 0 Å². The minimum Gasteiger partial charge on any atom is -0.394 e. The summed E-state index contributed by atoms with van der Waals surface area (Å²) >= 11 is 0. The van der Waals surface area contributed by atoms with Gasteiger partial charge in [-0.3, -0.25) is 4.98 Å². The number of nitrogens with two attached hydrogens (primary N) is 1. The molecule has 0 saturated carbocycles. The van der Waals surface area contributed by atoms with Crippen LogP contribution < -0.4 is 5.73 Å². The van der Waals surface area contributed by atoms with Gasteiger partial charge in [0.1, 0.15) is 0 Å². The first-order chi connectivity index (χ1) is 6.81. The summed E-state index contributed by atoms with van der Waals surface area (Å²) in [6.45, 7) is -0.0780. The highest BCUT2D eigenvalue weighted by Gasteiger charge is 2.05. The Labute approximate surface area is 82.2 Å². The maximum Gasteiger partial charge on any atom is 0.0705 e. The number of aliphatic hydroxyl groups is 1. The van der Waals surface area contributed by atoms with Gasteiger partial charge in [0.2, 0.25) is 0 Å². The van der Waals surface area contributed by atoms with Crippen LogP contribution in [0.3, 0.4) is 0 Å². The van der Waals surface area contributed by atoms with Crippen molar-refractivity contribution in [2.45, 2.75) is 6.04 Å². The lowest BCUT2D eigenvalue weighted by Gasteiger charge is -2.07.